The molecule has 0 radical (unpaired) electrons. The number of aromatic hydroxyl groups is 2. The van der Waals surface area contributed by atoms with Crippen LogP contribution in [0.15, 0.2) is 18.2 Å². The van der Waals surface area contributed by atoms with Crippen molar-refractivity contribution in [2.24, 2.45) is 0 Å². The SMILES string of the molecule is COc1c(O)cc2c(c1O)C1Oc3cc4c(cc3C1CO2)OCO4. The van der Waals surface area contributed by atoms with Crippen molar-refractivity contribution in [1.29, 1.82) is 0 Å². The Labute approximate surface area is 136 Å². The largest absolute Gasteiger partial charge is 0.504 e. The zero-order valence-corrected chi connectivity index (χ0v) is 12.7. The van der Waals surface area contributed by atoms with Gasteiger partial charge >= 0.3 is 0 Å². The van der Waals surface area contributed by atoms with Gasteiger partial charge in [0.2, 0.25) is 12.5 Å². The molecule has 0 spiro atoms. The molecule has 0 saturated carbocycles. The summed E-state index contributed by atoms with van der Waals surface area (Å²) in [6.07, 6.45) is -0.430. The van der Waals surface area contributed by atoms with E-state index >= 15 is 0 Å². The van der Waals surface area contributed by atoms with Crippen LogP contribution in [0.3, 0.4) is 0 Å². The Bertz CT molecular complexity index is 861. The lowest BCUT2D eigenvalue weighted by Crippen LogP contribution is -2.23. The molecular weight excluding hydrogens is 316 g/mol. The van der Waals surface area contributed by atoms with Gasteiger partial charge in [0.05, 0.1) is 25.2 Å². The average molecular weight is 330 g/mol. The van der Waals surface area contributed by atoms with E-state index in [0.717, 1.165) is 5.56 Å². The van der Waals surface area contributed by atoms with E-state index < -0.39 is 6.10 Å². The second-order valence-corrected chi connectivity index (χ2v) is 5.89. The molecule has 7 nitrogen and oxygen atoms in total. The van der Waals surface area contributed by atoms with Gasteiger partial charge < -0.3 is 33.9 Å². The highest BCUT2D eigenvalue weighted by Gasteiger charge is 2.44. The van der Waals surface area contributed by atoms with Crippen LogP contribution in [-0.2, 0) is 0 Å². The van der Waals surface area contributed by atoms with Crippen LogP contribution in [-0.4, -0.2) is 30.7 Å². The Hall–Kier alpha value is -2.96. The van der Waals surface area contributed by atoms with Gasteiger partial charge in [0, 0.05) is 17.7 Å². The van der Waals surface area contributed by atoms with E-state index in [9.17, 15) is 10.2 Å². The summed E-state index contributed by atoms with van der Waals surface area (Å²) >= 11 is 0. The topological polar surface area (TPSA) is 86.6 Å². The highest BCUT2D eigenvalue weighted by molar-refractivity contribution is 5.64. The van der Waals surface area contributed by atoms with Crippen LogP contribution in [0.5, 0.6) is 40.2 Å². The number of rotatable bonds is 1. The second-order valence-electron chi connectivity index (χ2n) is 5.89. The van der Waals surface area contributed by atoms with Crippen LogP contribution in [0.1, 0.15) is 23.1 Å². The molecule has 2 aromatic carbocycles. The molecule has 24 heavy (non-hydrogen) atoms. The number of benzene rings is 2. The van der Waals surface area contributed by atoms with Crippen molar-refractivity contribution >= 4 is 0 Å². The zero-order chi connectivity index (χ0) is 16.4. The third-order valence-electron chi connectivity index (χ3n) is 4.67. The molecule has 0 amide bonds. The number of methoxy groups -OCH3 is 1. The lowest BCUT2D eigenvalue weighted by Gasteiger charge is -2.29. The number of phenolic OH excluding ortho intramolecular Hbond substituents is 2. The standard InChI is InChI=1S/C17H14O7/c1-20-17-9(18)3-13-14(15(17)19)16-8(5-21-13)7-2-11-12(23-6-22-11)4-10(7)24-16/h2-4,8,16,18-19H,5-6H2,1H3. The molecule has 0 fully saturated rings. The van der Waals surface area contributed by atoms with E-state index in [4.69, 9.17) is 23.7 Å². The number of fused-ring (bicyclic) bond motifs is 6. The fourth-order valence-electron chi connectivity index (χ4n) is 3.55. The van der Waals surface area contributed by atoms with Crippen LogP contribution < -0.4 is 23.7 Å². The van der Waals surface area contributed by atoms with Crippen molar-refractivity contribution in [2.45, 2.75) is 12.0 Å². The normalized spacial score (nSPS) is 22.0. The first-order valence-corrected chi connectivity index (χ1v) is 7.53. The van der Waals surface area contributed by atoms with Gasteiger partial charge in [-0.25, -0.2) is 0 Å². The average Bonchev–Trinajstić information content (AvgIpc) is 3.15. The van der Waals surface area contributed by atoms with Gasteiger partial charge in [0.25, 0.3) is 0 Å². The Kier molecular flexibility index (Phi) is 2.54. The molecule has 124 valence electrons. The van der Waals surface area contributed by atoms with E-state index in [-0.39, 0.29) is 30.0 Å². The minimum absolute atomic E-state index is 0.00622. The molecule has 0 aliphatic carbocycles. The number of hydrogen-bond donors (Lipinski definition) is 2. The molecule has 3 aliphatic rings. The first kappa shape index (κ1) is 13.5. The summed E-state index contributed by atoms with van der Waals surface area (Å²) in [5.41, 5.74) is 1.42. The van der Waals surface area contributed by atoms with Crippen LogP contribution >= 0.6 is 0 Å². The van der Waals surface area contributed by atoms with Gasteiger partial charge in [-0.05, 0) is 6.07 Å². The lowest BCUT2D eigenvalue weighted by molar-refractivity contribution is 0.133. The van der Waals surface area contributed by atoms with Gasteiger partial charge in [-0.3, -0.25) is 0 Å². The Morgan fingerprint density at radius 2 is 1.79 bits per heavy atom. The van der Waals surface area contributed by atoms with Crippen molar-refractivity contribution in [3.8, 4) is 40.2 Å². The molecule has 2 N–H and O–H groups in total. The molecule has 0 saturated heterocycles. The van der Waals surface area contributed by atoms with Crippen molar-refractivity contribution in [2.75, 3.05) is 20.5 Å². The van der Waals surface area contributed by atoms with Crippen molar-refractivity contribution in [3.63, 3.8) is 0 Å². The van der Waals surface area contributed by atoms with Crippen molar-refractivity contribution in [3.05, 3.63) is 29.3 Å². The maximum absolute atomic E-state index is 10.5. The third kappa shape index (κ3) is 1.61. The fourth-order valence-corrected chi connectivity index (χ4v) is 3.55. The Balaban J connectivity index is 1.64. The highest BCUT2D eigenvalue weighted by atomic mass is 16.7. The van der Waals surface area contributed by atoms with Gasteiger partial charge in [0.1, 0.15) is 17.6 Å². The van der Waals surface area contributed by atoms with E-state index in [1.807, 2.05) is 6.07 Å². The first-order chi connectivity index (χ1) is 11.7. The van der Waals surface area contributed by atoms with Crippen molar-refractivity contribution in [1.82, 2.24) is 0 Å². The number of hydrogen-bond acceptors (Lipinski definition) is 7. The smallest absolute Gasteiger partial charge is 0.231 e. The Morgan fingerprint density at radius 3 is 2.58 bits per heavy atom. The molecule has 5 rings (SSSR count). The van der Waals surface area contributed by atoms with Crippen molar-refractivity contribution < 1.29 is 33.9 Å². The predicted octanol–water partition coefficient (Wildman–Crippen LogP) is 2.44. The lowest BCUT2D eigenvalue weighted by atomic mass is 9.88. The van der Waals surface area contributed by atoms with Crippen LogP contribution in [0, 0.1) is 0 Å². The maximum atomic E-state index is 10.5. The zero-order valence-electron chi connectivity index (χ0n) is 12.7. The molecular formula is C17H14O7. The molecule has 7 heteroatoms. The minimum Gasteiger partial charge on any atom is -0.504 e. The summed E-state index contributed by atoms with van der Waals surface area (Å²) in [5.74, 6) is 1.95. The van der Waals surface area contributed by atoms with E-state index in [1.54, 1.807) is 6.07 Å². The molecule has 2 unspecified atom stereocenters. The maximum Gasteiger partial charge on any atom is 0.231 e. The van der Waals surface area contributed by atoms with Gasteiger partial charge in [-0.2, -0.15) is 0 Å². The van der Waals surface area contributed by atoms with Gasteiger partial charge in [-0.1, -0.05) is 0 Å². The minimum atomic E-state index is -0.430. The Morgan fingerprint density at radius 1 is 1.00 bits per heavy atom. The summed E-state index contributed by atoms with van der Waals surface area (Å²) < 4.78 is 27.7. The first-order valence-electron chi connectivity index (χ1n) is 7.53. The summed E-state index contributed by atoms with van der Waals surface area (Å²) in [6.45, 7) is 0.568. The second kappa shape index (κ2) is 4.53. The molecule has 3 heterocycles. The monoisotopic (exact) mass is 330 g/mol. The van der Waals surface area contributed by atoms with Crippen LogP contribution in [0.2, 0.25) is 0 Å². The van der Waals surface area contributed by atoms with Crippen LogP contribution in [0.25, 0.3) is 0 Å². The number of ether oxygens (including phenoxy) is 5. The highest BCUT2D eigenvalue weighted by Crippen LogP contribution is 2.58. The molecule has 0 bridgehead atoms. The van der Waals surface area contributed by atoms with E-state index in [0.29, 0.717) is 35.2 Å². The molecule has 2 atom stereocenters. The third-order valence-corrected chi connectivity index (χ3v) is 4.67. The molecule has 0 aromatic heterocycles. The summed E-state index contributed by atoms with van der Waals surface area (Å²) in [6, 6.07) is 5.12. The number of phenols is 2. The molecule has 2 aromatic rings. The van der Waals surface area contributed by atoms with E-state index in [1.165, 1.54) is 13.2 Å². The summed E-state index contributed by atoms with van der Waals surface area (Å²) in [7, 11) is 1.38. The van der Waals surface area contributed by atoms with Gasteiger partial charge in [0.15, 0.2) is 23.0 Å². The molecule has 3 aliphatic heterocycles. The summed E-state index contributed by atoms with van der Waals surface area (Å²) in [5, 5.41) is 20.4. The van der Waals surface area contributed by atoms with E-state index in [2.05, 4.69) is 0 Å². The van der Waals surface area contributed by atoms with Crippen LogP contribution in [0.4, 0.5) is 0 Å². The quantitative estimate of drug-likeness (QED) is 0.830. The predicted molar refractivity (Wildman–Crippen MR) is 80.5 cm³/mol. The fraction of sp³-hybridized carbons (Fsp3) is 0.294. The van der Waals surface area contributed by atoms with Gasteiger partial charge in [-0.15, -0.1) is 0 Å². The summed E-state index contributed by atoms with van der Waals surface area (Å²) in [4.78, 5) is 0.